The number of nitrogens with one attached hydrogen (secondary N) is 1. The fraction of sp³-hybridized carbons (Fsp3) is 0.611. The molecule has 1 amide bonds. The first kappa shape index (κ1) is 12.4. The molecule has 1 N–H and O–H groups in total. The van der Waals surface area contributed by atoms with Crippen molar-refractivity contribution >= 4 is 11.6 Å². The highest BCUT2D eigenvalue weighted by Crippen LogP contribution is 2.60. The van der Waals surface area contributed by atoms with Crippen molar-refractivity contribution in [2.75, 3.05) is 5.32 Å². The Balaban J connectivity index is 1.58. The highest BCUT2D eigenvalue weighted by molar-refractivity contribution is 5.96. The molecule has 2 nitrogen and oxygen atoms in total. The second kappa shape index (κ2) is 4.34. The molecule has 0 aliphatic heterocycles. The number of carbonyl (C=O) groups is 1. The summed E-state index contributed by atoms with van der Waals surface area (Å²) in [7, 11) is 0. The van der Waals surface area contributed by atoms with Gasteiger partial charge in [0, 0.05) is 5.69 Å². The first-order chi connectivity index (χ1) is 9.64. The van der Waals surface area contributed by atoms with Crippen LogP contribution in [0.2, 0.25) is 0 Å². The minimum Gasteiger partial charge on any atom is -0.325 e. The molecule has 2 heteroatoms. The number of rotatable bonds is 2. The minimum absolute atomic E-state index is 0.0446. The number of anilines is 1. The zero-order chi connectivity index (χ0) is 13.7. The molecule has 106 valence electrons. The SMILES string of the molecule is Cc1ccccc1NC(=O)C12CC3CC(CC(C3)C1)C2. The Morgan fingerprint density at radius 3 is 2.15 bits per heavy atom. The van der Waals surface area contributed by atoms with Crippen LogP contribution in [0.5, 0.6) is 0 Å². The molecular weight excluding hydrogens is 246 g/mol. The van der Waals surface area contributed by atoms with Gasteiger partial charge in [-0.2, -0.15) is 0 Å². The summed E-state index contributed by atoms with van der Waals surface area (Å²) in [6, 6.07) is 8.11. The highest BCUT2D eigenvalue weighted by atomic mass is 16.2. The van der Waals surface area contributed by atoms with E-state index in [2.05, 4.69) is 18.3 Å². The summed E-state index contributed by atoms with van der Waals surface area (Å²) in [5.41, 5.74) is 2.11. The topological polar surface area (TPSA) is 29.1 Å². The normalized spacial score (nSPS) is 38.0. The smallest absolute Gasteiger partial charge is 0.230 e. The average molecular weight is 269 g/mol. The second-order valence-corrected chi connectivity index (χ2v) is 7.47. The Hall–Kier alpha value is -1.31. The van der Waals surface area contributed by atoms with Crippen LogP contribution in [0.1, 0.15) is 44.1 Å². The summed E-state index contributed by atoms with van der Waals surface area (Å²) in [6.07, 6.45) is 7.56. The van der Waals surface area contributed by atoms with Gasteiger partial charge in [0.1, 0.15) is 0 Å². The van der Waals surface area contributed by atoms with Crippen molar-refractivity contribution in [3.05, 3.63) is 29.8 Å². The third-order valence-corrected chi connectivity index (χ3v) is 5.91. The summed E-state index contributed by atoms with van der Waals surface area (Å²) in [4.78, 5) is 12.9. The van der Waals surface area contributed by atoms with E-state index in [0.29, 0.717) is 5.91 Å². The van der Waals surface area contributed by atoms with Crippen molar-refractivity contribution in [2.24, 2.45) is 23.2 Å². The van der Waals surface area contributed by atoms with Crippen molar-refractivity contribution in [3.63, 3.8) is 0 Å². The van der Waals surface area contributed by atoms with E-state index in [-0.39, 0.29) is 5.41 Å². The average Bonchev–Trinajstić information content (AvgIpc) is 2.40. The molecule has 20 heavy (non-hydrogen) atoms. The van der Waals surface area contributed by atoms with Crippen LogP contribution in [0.15, 0.2) is 24.3 Å². The molecule has 0 spiro atoms. The molecule has 0 unspecified atom stereocenters. The zero-order valence-corrected chi connectivity index (χ0v) is 12.2. The van der Waals surface area contributed by atoms with Crippen LogP contribution in [-0.4, -0.2) is 5.91 Å². The van der Waals surface area contributed by atoms with Crippen LogP contribution in [0.25, 0.3) is 0 Å². The third-order valence-electron chi connectivity index (χ3n) is 5.91. The van der Waals surface area contributed by atoms with E-state index in [0.717, 1.165) is 48.3 Å². The van der Waals surface area contributed by atoms with Gasteiger partial charge in [-0.15, -0.1) is 0 Å². The Morgan fingerprint density at radius 1 is 1.05 bits per heavy atom. The quantitative estimate of drug-likeness (QED) is 0.858. The lowest BCUT2D eigenvalue weighted by Crippen LogP contribution is -2.51. The van der Waals surface area contributed by atoms with E-state index >= 15 is 0 Å². The van der Waals surface area contributed by atoms with Crippen molar-refractivity contribution in [1.29, 1.82) is 0 Å². The van der Waals surface area contributed by atoms with Crippen molar-refractivity contribution in [3.8, 4) is 0 Å². The largest absolute Gasteiger partial charge is 0.325 e. The molecular formula is C18H23NO. The summed E-state index contributed by atoms with van der Waals surface area (Å²) >= 11 is 0. The van der Waals surface area contributed by atoms with E-state index in [4.69, 9.17) is 0 Å². The second-order valence-electron chi connectivity index (χ2n) is 7.47. The van der Waals surface area contributed by atoms with Gasteiger partial charge in [-0.3, -0.25) is 4.79 Å². The maximum absolute atomic E-state index is 12.9. The predicted molar refractivity (Wildman–Crippen MR) is 80.4 cm³/mol. The Kier molecular flexibility index (Phi) is 2.70. The number of carbonyl (C=O) groups excluding carboxylic acids is 1. The highest BCUT2D eigenvalue weighted by Gasteiger charge is 2.54. The molecule has 4 fully saturated rings. The van der Waals surface area contributed by atoms with Gasteiger partial charge in [0.05, 0.1) is 5.41 Å². The van der Waals surface area contributed by atoms with Crippen LogP contribution in [0.4, 0.5) is 5.69 Å². The molecule has 4 bridgehead atoms. The fourth-order valence-electron chi connectivity index (χ4n) is 5.36. The molecule has 1 aromatic rings. The molecule has 4 saturated carbocycles. The zero-order valence-electron chi connectivity index (χ0n) is 12.2. The number of hydrogen-bond acceptors (Lipinski definition) is 1. The van der Waals surface area contributed by atoms with E-state index in [1.165, 1.54) is 19.3 Å². The molecule has 0 atom stereocenters. The summed E-state index contributed by atoms with van der Waals surface area (Å²) < 4.78 is 0. The van der Waals surface area contributed by atoms with Crippen molar-refractivity contribution in [1.82, 2.24) is 0 Å². The number of para-hydroxylation sites is 1. The summed E-state index contributed by atoms with van der Waals surface area (Å²) in [5, 5.41) is 3.23. The summed E-state index contributed by atoms with van der Waals surface area (Å²) in [6.45, 7) is 2.06. The van der Waals surface area contributed by atoms with Crippen molar-refractivity contribution in [2.45, 2.75) is 45.4 Å². The molecule has 4 aliphatic rings. The van der Waals surface area contributed by atoms with Gasteiger partial charge in [0.25, 0.3) is 0 Å². The third kappa shape index (κ3) is 1.88. The van der Waals surface area contributed by atoms with Gasteiger partial charge in [-0.05, 0) is 74.8 Å². The lowest BCUT2D eigenvalue weighted by atomic mass is 9.49. The molecule has 0 radical (unpaired) electrons. The first-order valence-electron chi connectivity index (χ1n) is 8.02. The predicted octanol–water partition coefficient (Wildman–Crippen LogP) is 4.15. The van der Waals surface area contributed by atoms with Crippen LogP contribution >= 0.6 is 0 Å². The number of benzene rings is 1. The van der Waals surface area contributed by atoms with Gasteiger partial charge in [0.15, 0.2) is 0 Å². The molecule has 0 saturated heterocycles. The van der Waals surface area contributed by atoms with Gasteiger partial charge in [-0.25, -0.2) is 0 Å². The Labute approximate surface area is 121 Å². The van der Waals surface area contributed by atoms with Gasteiger partial charge >= 0.3 is 0 Å². The van der Waals surface area contributed by atoms with Crippen LogP contribution in [0, 0.1) is 30.1 Å². The number of amides is 1. The molecule has 1 aromatic carbocycles. The molecule has 4 aliphatic carbocycles. The lowest BCUT2D eigenvalue weighted by molar-refractivity contribution is -0.140. The van der Waals surface area contributed by atoms with Gasteiger partial charge in [0.2, 0.25) is 5.91 Å². The fourth-order valence-corrected chi connectivity index (χ4v) is 5.36. The Bertz CT molecular complexity index is 513. The van der Waals surface area contributed by atoms with E-state index in [1.807, 2.05) is 18.2 Å². The molecule has 0 aromatic heterocycles. The molecule has 0 heterocycles. The number of hydrogen-bond donors (Lipinski definition) is 1. The van der Waals surface area contributed by atoms with Crippen LogP contribution in [0.3, 0.4) is 0 Å². The van der Waals surface area contributed by atoms with Crippen LogP contribution in [-0.2, 0) is 4.79 Å². The van der Waals surface area contributed by atoms with E-state index in [9.17, 15) is 4.79 Å². The lowest BCUT2D eigenvalue weighted by Gasteiger charge is -2.55. The monoisotopic (exact) mass is 269 g/mol. The number of aryl methyl sites for hydroxylation is 1. The van der Waals surface area contributed by atoms with E-state index in [1.54, 1.807) is 0 Å². The summed E-state index contributed by atoms with van der Waals surface area (Å²) in [5.74, 6) is 2.77. The Morgan fingerprint density at radius 2 is 1.60 bits per heavy atom. The van der Waals surface area contributed by atoms with Crippen molar-refractivity contribution < 1.29 is 4.79 Å². The van der Waals surface area contributed by atoms with Gasteiger partial charge in [-0.1, -0.05) is 18.2 Å². The maximum atomic E-state index is 12.9. The first-order valence-corrected chi connectivity index (χ1v) is 8.02. The van der Waals surface area contributed by atoms with E-state index < -0.39 is 0 Å². The van der Waals surface area contributed by atoms with Crippen LogP contribution < -0.4 is 5.32 Å². The minimum atomic E-state index is -0.0446. The van der Waals surface area contributed by atoms with Gasteiger partial charge < -0.3 is 5.32 Å². The molecule has 5 rings (SSSR count). The maximum Gasteiger partial charge on any atom is 0.230 e. The standard InChI is InChI=1S/C18H23NO/c1-12-4-2-3-5-16(12)19-17(20)18-9-13-6-14(10-18)8-15(7-13)11-18/h2-5,13-15H,6-11H2,1H3,(H,19,20).